The smallest absolute Gasteiger partial charge is 0.343 e. The summed E-state index contributed by atoms with van der Waals surface area (Å²) in [5, 5.41) is 13.4. The van der Waals surface area contributed by atoms with Gasteiger partial charge in [0.1, 0.15) is 5.82 Å². The van der Waals surface area contributed by atoms with Crippen LogP contribution in [0.3, 0.4) is 0 Å². The van der Waals surface area contributed by atoms with E-state index in [2.05, 4.69) is 5.10 Å². The third kappa shape index (κ3) is 2.56. The Balaban J connectivity index is 1.69. The molecule has 1 amide bonds. The van der Waals surface area contributed by atoms with Gasteiger partial charge in [0, 0.05) is 24.2 Å². The van der Waals surface area contributed by atoms with Crippen LogP contribution in [0.15, 0.2) is 24.3 Å². The molecule has 6 nitrogen and oxygen atoms in total. The van der Waals surface area contributed by atoms with Gasteiger partial charge in [-0.1, -0.05) is 6.07 Å². The number of likely N-dealkylation sites (tertiary alicyclic amines) is 1. The SMILES string of the molecule is O=C(c1nn(-c2cccc(F)c2)c2c1CCC2)N1CCC(F)(C(=O)O)C1. The lowest BCUT2D eigenvalue weighted by molar-refractivity contribution is -0.149. The van der Waals surface area contributed by atoms with Crippen molar-refractivity contribution in [2.24, 2.45) is 0 Å². The number of nitrogens with zero attached hydrogens (tertiary/aromatic N) is 3. The molecule has 2 aromatic rings. The van der Waals surface area contributed by atoms with Crippen LogP contribution < -0.4 is 0 Å². The lowest BCUT2D eigenvalue weighted by Crippen LogP contribution is -2.39. The van der Waals surface area contributed by atoms with E-state index in [-0.39, 0.29) is 18.7 Å². The van der Waals surface area contributed by atoms with Crippen molar-refractivity contribution in [3.8, 4) is 5.69 Å². The first-order valence-corrected chi connectivity index (χ1v) is 8.47. The predicted octanol–water partition coefficient (Wildman–Crippen LogP) is 2.14. The van der Waals surface area contributed by atoms with Crippen LogP contribution in [0.4, 0.5) is 8.78 Å². The van der Waals surface area contributed by atoms with Gasteiger partial charge in [-0.05, 0) is 37.5 Å². The number of amides is 1. The minimum absolute atomic E-state index is 0.0310. The number of fused-ring (bicyclic) bond motifs is 1. The van der Waals surface area contributed by atoms with Crippen molar-refractivity contribution < 1.29 is 23.5 Å². The summed E-state index contributed by atoms with van der Waals surface area (Å²) in [6, 6.07) is 5.94. The number of benzene rings is 1. The normalized spacial score (nSPS) is 21.8. The number of hydrogen-bond donors (Lipinski definition) is 1. The summed E-state index contributed by atoms with van der Waals surface area (Å²) in [6.45, 7) is -0.452. The lowest BCUT2D eigenvalue weighted by atomic mass is 10.1. The molecule has 26 heavy (non-hydrogen) atoms. The highest BCUT2D eigenvalue weighted by molar-refractivity contribution is 5.95. The van der Waals surface area contributed by atoms with Crippen LogP contribution in [0.25, 0.3) is 5.69 Å². The number of carbonyl (C=O) groups excluding carboxylic acids is 1. The highest BCUT2D eigenvalue weighted by Gasteiger charge is 2.47. The summed E-state index contributed by atoms with van der Waals surface area (Å²) in [5.74, 6) is -2.43. The van der Waals surface area contributed by atoms with Crippen LogP contribution in [-0.2, 0) is 17.6 Å². The molecular formula is C18H17F2N3O3. The van der Waals surface area contributed by atoms with E-state index in [1.807, 2.05) is 0 Å². The Hall–Kier alpha value is -2.77. The van der Waals surface area contributed by atoms with Gasteiger partial charge in [-0.15, -0.1) is 0 Å². The quantitative estimate of drug-likeness (QED) is 0.909. The molecule has 1 aromatic heterocycles. The monoisotopic (exact) mass is 361 g/mol. The van der Waals surface area contributed by atoms with Gasteiger partial charge in [0.2, 0.25) is 5.67 Å². The predicted molar refractivity (Wildman–Crippen MR) is 87.5 cm³/mol. The molecule has 4 rings (SSSR count). The Morgan fingerprint density at radius 3 is 2.77 bits per heavy atom. The van der Waals surface area contributed by atoms with E-state index in [1.165, 1.54) is 17.0 Å². The number of carbonyl (C=O) groups is 2. The average Bonchev–Trinajstić information content (AvgIpc) is 3.29. The maximum Gasteiger partial charge on any atom is 0.343 e. The van der Waals surface area contributed by atoms with E-state index in [1.54, 1.807) is 16.8 Å². The zero-order chi connectivity index (χ0) is 18.5. The number of alkyl halides is 1. The van der Waals surface area contributed by atoms with Gasteiger partial charge in [0.05, 0.1) is 12.2 Å². The standard InChI is InChI=1S/C18H17F2N3O3/c19-11-3-1-4-12(9-11)23-14-6-2-5-13(14)15(21-23)16(24)22-8-7-18(20,10-22)17(25)26/h1,3-4,9H,2,5-8,10H2,(H,25,26). The third-order valence-corrected chi connectivity index (χ3v) is 5.08. The van der Waals surface area contributed by atoms with Crippen LogP contribution in [0.5, 0.6) is 0 Å². The number of carboxylic acid groups (broad SMARTS) is 1. The number of halogens is 2. The zero-order valence-corrected chi connectivity index (χ0v) is 13.9. The number of carboxylic acids is 1. The van der Waals surface area contributed by atoms with E-state index < -0.39 is 29.9 Å². The second-order valence-electron chi connectivity index (χ2n) is 6.77. The molecule has 1 N–H and O–H groups in total. The first-order chi connectivity index (χ1) is 12.4. The molecule has 1 saturated heterocycles. The Morgan fingerprint density at radius 2 is 2.08 bits per heavy atom. The number of hydrogen-bond acceptors (Lipinski definition) is 3. The van der Waals surface area contributed by atoms with E-state index in [4.69, 9.17) is 5.11 Å². The summed E-state index contributed by atoms with van der Waals surface area (Å²) in [4.78, 5) is 25.1. The van der Waals surface area contributed by atoms with Crippen LogP contribution in [0.1, 0.15) is 34.6 Å². The van der Waals surface area contributed by atoms with Crippen molar-refractivity contribution in [3.05, 3.63) is 47.0 Å². The molecule has 1 aliphatic carbocycles. The van der Waals surface area contributed by atoms with E-state index >= 15 is 0 Å². The number of rotatable bonds is 3. The summed E-state index contributed by atoms with van der Waals surface area (Å²) in [6.07, 6.45) is 2.00. The number of aliphatic carboxylic acids is 1. The van der Waals surface area contributed by atoms with Crippen molar-refractivity contribution in [2.45, 2.75) is 31.4 Å². The van der Waals surface area contributed by atoms with Crippen LogP contribution >= 0.6 is 0 Å². The van der Waals surface area contributed by atoms with Gasteiger partial charge in [-0.3, -0.25) is 4.79 Å². The Morgan fingerprint density at radius 1 is 1.27 bits per heavy atom. The average molecular weight is 361 g/mol. The van der Waals surface area contributed by atoms with Gasteiger partial charge >= 0.3 is 5.97 Å². The summed E-state index contributed by atoms with van der Waals surface area (Å²) in [7, 11) is 0. The molecule has 0 radical (unpaired) electrons. The van der Waals surface area contributed by atoms with Gasteiger partial charge in [-0.25, -0.2) is 18.3 Å². The molecular weight excluding hydrogens is 344 g/mol. The molecule has 0 bridgehead atoms. The Labute approximate surface area is 148 Å². The van der Waals surface area contributed by atoms with Gasteiger partial charge in [-0.2, -0.15) is 5.10 Å². The van der Waals surface area contributed by atoms with Crippen LogP contribution in [0.2, 0.25) is 0 Å². The fourth-order valence-electron chi connectivity index (χ4n) is 3.70. The topological polar surface area (TPSA) is 75.4 Å². The molecule has 1 atom stereocenters. The molecule has 1 aromatic carbocycles. The van der Waals surface area contributed by atoms with Crippen molar-refractivity contribution in [1.29, 1.82) is 0 Å². The maximum atomic E-state index is 14.3. The fourth-order valence-corrected chi connectivity index (χ4v) is 3.70. The zero-order valence-electron chi connectivity index (χ0n) is 13.9. The molecule has 0 saturated carbocycles. The molecule has 2 aliphatic rings. The molecule has 1 aliphatic heterocycles. The van der Waals surface area contributed by atoms with Crippen LogP contribution in [-0.4, -0.2) is 50.4 Å². The van der Waals surface area contributed by atoms with Gasteiger partial charge in [0.25, 0.3) is 5.91 Å². The van der Waals surface area contributed by atoms with Crippen LogP contribution in [0, 0.1) is 5.82 Å². The first-order valence-electron chi connectivity index (χ1n) is 8.47. The van der Waals surface area contributed by atoms with Crippen molar-refractivity contribution in [3.63, 3.8) is 0 Å². The third-order valence-electron chi connectivity index (χ3n) is 5.08. The minimum Gasteiger partial charge on any atom is -0.479 e. The van der Waals surface area contributed by atoms with Crippen molar-refractivity contribution in [2.75, 3.05) is 13.1 Å². The van der Waals surface area contributed by atoms with E-state index in [9.17, 15) is 18.4 Å². The summed E-state index contributed by atoms with van der Waals surface area (Å²) < 4.78 is 29.4. The molecule has 8 heteroatoms. The molecule has 1 fully saturated rings. The van der Waals surface area contributed by atoms with E-state index in [0.717, 1.165) is 17.7 Å². The lowest BCUT2D eigenvalue weighted by Gasteiger charge is -2.17. The Kier molecular flexibility index (Phi) is 3.78. The second kappa shape index (κ2) is 5.89. The molecule has 2 heterocycles. The van der Waals surface area contributed by atoms with Gasteiger partial charge < -0.3 is 10.0 Å². The highest BCUT2D eigenvalue weighted by atomic mass is 19.1. The maximum absolute atomic E-state index is 14.3. The first kappa shape index (κ1) is 16.7. The molecule has 136 valence electrons. The minimum atomic E-state index is -2.41. The van der Waals surface area contributed by atoms with E-state index in [0.29, 0.717) is 18.5 Å². The summed E-state index contributed by atoms with van der Waals surface area (Å²) >= 11 is 0. The van der Waals surface area contributed by atoms with Crippen molar-refractivity contribution in [1.82, 2.24) is 14.7 Å². The summed E-state index contributed by atoms with van der Waals surface area (Å²) in [5.41, 5.74) is -0.0523. The fraction of sp³-hybridized carbons (Fsp3) is 0.389. The largest absolute Gasteiger partial charge is 0.479 e. The molecule has 0 spiro atoms. The molecule has 1 unspecified atom stereocenters. The highest BCUT2D eigenvalue weighted by Crippen LogP contribution is 2.31. The second-order valence-corrected chi connectivity index (χ2v) is 6.77. The van der Waals surface area contributed by atoms with Crippen molar-refractivity contribution >= 4 is 11.9 Å². The number of aromatic nitrogens is 2. The van der Waals surface area contributed by atoms with Gasteiger partial charge in [0.15, 0.2) is 5.69 Å². The Bertz CT molecular complexity index is 911.